The van der Waals surface area contributed by atoms with E-state index in [0.717, 1.165) is 11.4 Å². The van der Waals surface area contributed by atoms with Gasteiger partial charge in [0.15, 0.2) is 0 Å². The van der Waals surface area contributed by atoms with Crippen LogP contribution in [-0.2, 0) is 0 Å². The molecule has 1 heteroatoms. The van der Waals surface area contributed by atoms with Gasteiger partial charge in [0.05, 0.1) is 17.3 Å². The van der Waals surface area contributed by atoms with Crippen LogP contribution in [0.25, 0.3) is 87.6 Å². The number of para-hydroxylation sites is 1. The van der Waals surface area contributed by atoms with E-state index in [1.54, 1.807) is 0 Å². The monoisotopic (exact) mass is 695 g/mol. The van der Waals surface area contributed by atoms with E-state index in [1.807, 2.05) is 0 Å². The van der Waals surface area contributed by atoms with Gasteiger partial charge in [-0.3, -0.25) is 4.99 Å². The van der Waals surface area contributed by atoms with Crippen LogP contribution < -0.4 is 0 Å². The average molecular weight is 696 g/mol. The van der Waals surface area contributed by atoms with Crippen molar-refractivity contribution in [2.75, 3.05) is 0 Å². The Bertz CT molecular complexity index is 3260. The summed E-state index contributed by atoms with van der Waals surface area (Å²) < 4.78 is 0. The maximum absolute atomic E-state index is 5.23. The highest BCUT2D eigenvalue weighted by Gasteiger charge is 2.36. The van der Waals surface area contributed by atoms with Gasteiger partial charge in [0.25, 0.3) is 0 Å². The Morgan fingerprint density at radius 3 is 1.55 bits per heavy atom. The molecule has 0 fully saturated rings. The molecule has 0 saturated heterocycles. The Kier molecular flexibility index (Phi) is 6.47. The molecule has 10 aromatic rings. The number of hydrogen-bond donors (Lipinski definition) is 0. The van der Waals surface area contributed by atoms with Crippen molar-refractivity contribution in [2.45, 2.75) is 5.92 Å². The van der Waals surface area contributed by atoms with Crippen LogP contribution in [0.3, 0.4) is 0 Å². The topological polar surface area (TPSA) is 12.4 Å². The summed E-state index contributed by atoms with van der Waals surface area (Å²) in [6, 6.07) is 71.8. The summed E-state index contributed by atoms with van der Waals surface area (Å²) >= 11 is 0. The van der Waals surface area contributed by atoms with Crippen molar-refractivity contribution in [3.8, 4) is 44.5 Å². The van der Waals surface area contributed by atoms with Crippen LogP contribution in [-0.4, -0.2) is 5.71 Å². The zero-order chi connectivity index (χ0) is 36.0. The summed E-state index contributed by atoms with van der Waals surface area (Å²) in [6.07, 6.45) is 0. The van der Waals surface area contributed by atoms with Crippen molar-refractivity contribution in [1.29, 1.82) is 0 Å². The molecule has 0 amide bonds. The summed E-state index contributed by atoms with van der Waals surface area (Å²) in [7, 11) is 0. The van der Waals surface area contributed by atoms with E-state index in [0.29, 0.717) is 0 Å². The Morgan fingerprint density at radius 1 is 0.309 bits per heavy atom. The maximum Gasteiger partial charge on any atom is 0.0675 e. The van der Waals surface area contributed by atoms with Gasteiger partial charge in [0, 0.05) is 5.56 Å². The molecule has 1 nitrogen and oxygen atoms in total. The molecule has 0 N–H and O–H groups in total. The number of hydrogen-bond acceptors (Lipinski definition) is 1. The van der Waals surface area contributed by atoms with E-state index in [-0.39, 0.29) is 5.92 Å². The maximum atomic E-state index is 5.23. The lowest BCUT2D eigenvalue weighted by atomic mass is 9.75. The lowest BCUT2D eigenvalue weighted by Gasteiger charge is -2.27. The van der Waals surface area contributed by atoms with Crippen molar-refractivity contribution >= 4 is 54.5 Å². The third-order valence-corrected chi connectivity index (χ3v) is 12.1. The van der Waals surface area contributed by atoms with E-state index in [4.69, 9.17) is 4.99 Å². The number of aliphatic imine (C=N–C) groups is 1. The van der Waals surface area contributed by atoms with Crippen LogP contribution in [0.2, 0.25) is 0 Å². The first kappa shape index (κ1) is 30.4. The predicted molar refractivity (Wildman–Crippen MR) is 233 cm³/mol. The largest absolute Gasteiger partial charge is 0.251 e. The minimum atomic E-state index is 0.162. The lowest BCUT2D eigenvalue weighted by Crippen LogP contribution is -2.18. The van der Waals surface area contributed by atoms with Crippen molar-refractivity contribution in [1.82, 2.24) is 0 Å². The number of rotatable bonds is 3. The zero-order valence-corrected chi connectivity index (χ0v) is 30.0. The van der Waals surface area contributed by atoms with E-state index >= 15 is 0 Å². The first-order chi connectivity index (χ1) is 27.3. The highest BCUT2D eigenvalue weighted by atomic mass is 14.8. The van der Waals surface area contributed by atoms with E-state index < -0.39 is 0 Å². The second-order valence-corrected chi connectivity index (χ2v) is 14.9. The SMILES string of the molecule is c1ccc2c(c1)N=C1c3ccc(-c4ccc5c(-c6cccc7ccccc67)c6ccccc6c(-c6cccc7ccccc67)c5c4)cc3-c3ccccc3C12. The van der Waals surface area contributed by atoms with Gasteiger partial charge >= 0.3 is 0 Å². The molecule has 254 valence electrons. The molecule has 10 aromatic carbocycles. The molecule has 0 bridgehead atoms. The molecule has 1 unspecified atom stereocenters. The van der Waals surface area contributed by atoms with Crippen molar-refractivity contribution < 1.29 is 0 Å². The summed E-state index contributed by atoms with van der Waals surface area (Å²) in [4.78, 5) is 5.23. The van der Waals surface area contributed by atoms with Crippen LogP contribution in [0, 0.1) is 0 Å². The van der Waals surface area contributed by atoms with Gasteiger partial charge in [-0.05, 0) is 117 Å². The lowest BCUT2D eigenvalue weighted by molar-refractivity contribution is 1.10. The van der Waals surface area contributed by atoms with E-state index in [1.165, 1.54) is 104 Å². The molecule has 2 aliphatic rings. The van der Waals surface area contributed by atoms with E-state index in [2.05, 4.69) is 194 Å². The molecular formula is C54H33N. The van der Waals surface area contributed by atoms with Crippen molar-refractivity contribution in [3.05, 3.63) is 211 Å². The fourth-order valence-electron chi connectivity index (χ4n) is 9.69. The molecular weight excluding hydrogens is 663 g/mol. The molecule has 0 spiro atoms. The number of fused-ring (bicyclic) bond motifs is 12. The quantitative estimate of drug-likeness (QED) is 0.163. The van der Waals surface area contributed by atoms with Gasteiger partial charge in [0.2, 0.25) is 0 Å². The average Bonchev–Trinajstić information content (AvgIpc) is 3.65. The van der Waals surface area contributed by atoms with Gasteiger partial charge in [-0.1, -0.05) is 176 Å². The van der Waals surface area contributed by atoms with Crippen LogP contribution in [0.1, 0.15) is 22.6 Å². The van der Waals surface area contributed by atoms with Crippen LogP contribution in [0.15, 0.2) is 199 Å². The Hall–Kier alpha value is -7.09. The normalized spacial score (nSPS) is 14.1. The van der Waals surface area contributed by atoms with E-state index in [9.17, 15) is 0 Å². The van der Waals surface area contributed by atoms with Crippen LogP contribution in [0.4, 0.5) is 5.69 Å². The zero-order valence-electron chi connectivity index (χ0n) is 30.0. The summed E-state index contributed by atoms with van der Waals surface area (Å²) in [5.41, 5.74) is 16.1. The summed E-state index contributed by atoms with van der Waals surface area (Å²) in [6.45, 7) is 0. The molecule has 0 saturated carbocycles. The smallest absolute Gasteiger partial charge is 0.0675 e. The minimum Gasteiger partial charge on any atom is -0.251 e. The fourth-order valence-corrected chi connectivity index (χ4v) is 9.69. The van der Waals surface area contributed by atoms with Gasteiger partial charge in [-0.2, -0.15) is 0 Å². The molecule has 1 aliphatic carbocycles. The van der Waals surface area contributed by atoms with Crippen molar-refractivity contribution in [2.24, 2.45) is 4.99 Å². The standard InChI is InChI=1S/C54H33N/c1-3-17-37-33(13-1)15-11-24-40(37)51-43-21-7-8-22-44(43)52(41-25-12-16-34-14-2-4-18-38(34)41)49-32-36(27-29-45(49)51)35-28-30-46-48(31-35)39-19-5-6-20-42(39)53-47-23-9-10-26-50(47)55-54(46)53/h1-32,53H. The predicted octanol–water partition coefficient (Wildman–Crippen LogP) is 14.5. The molecule has 12 rings (SSSR count). The Morgan fingerprint density at radius 2 is 0.818 bits per heavy atom. The third-order valence-electron chi connectivity index (χ3n) is 12.1. The second-order valence-electron chi connectivity index (χ2n) is 14.9. The van der Waals surface area contributed by atoms with Crippen molar-refractivity contribution in [3.63, 3.8) is 0 Å². The molecule has 1 heterocycles. The summed E-state index contributed by atoms with van der Waals surface area (Å²) in [5, 5.41) is 10.1. The summed E-state index contributed by atoms with van der Waals surface area (Å²) in [5.74, 6) is 0.162. The minimum absolute atomic E-state index is 0.162. The molecule has 0 aromatic heterocycles. The fraction of sp³-hybridized carbons (Fsp3) is 0.0185. The molecule has 0 radical (unpaired) electrons. The van der Waals surface area contributed by atoms with Crippen LogP contribution in [0.5, 0.6) is 0 Å². The second kappa shape index (κ2) is 11.7. The Balaban J connectivity index is 1.15. The van der Waals surface area contributed by atoms with Gasteiger partial charge < -0.3 is 0 Å². The third kappa shape index (κ3) is 4.44. The molecule has 1 aliphatic heterocycles. The molecule has 1 atom stereocenters. The highest BCUT2D eigenvalue weighted by Crippen LogP contribution is 2.51. The molecule has 55 heavy (non-hydrogen) atoms. The number of nitrogens with zero attached hydrogens (tertiary/aromatic N) is 1. The van der Waals surface area contributed by atoms with Crippen LogP contribution >= 0.6 is 0 Å². The first-order valence-electron chi connectivity index (χ1n) is 19.2. The van der Waals surface area contributed by atoms with Gasteiger partial charge in [-0.25, -0.2) is 0 Å². The first-order valence-corrected chi connectivity index (χ1v) is 19.2. The highest BCUT2D eigenvalue weighted by molar-refractivity contribution is 6.26. The Labute approximate surface area is 319 Å². The van der Waals surface area contributed by atoms with Gasteiger partial charge in [0.1, 0.15) is 0 Å². The number of benzene rings is 10. The van der Waals surface area contributed by atoms with Gasteiger partial charge in [-0.15, -0.1) is 0 Å².